The van der Waals surface area contributed by atoms with Crippen molar-refractivity contribution in [2.24, 2.45) is 14.1 Å². The van der Waals surface area contributed by atoms with E-state index in [2.05, 4.69) is 5.10 Å². The maximum atomic E-state index is 12.1. The molecule has 2 heterocycles. The Bertz CT molecular complexity index is 572. The first kappa shape index (κ1) is 12.7. The maximum absolute atomic E-state index is 12.1. The molecule has 0 unspecified atom stereocenters. The lowest BCUT2D eigenvalue weighted by molar-refractivity contribution is 0.0782. The van der Waals surface area contributed by atoms with Crippen LogP contribution >= 0.6 is 11.6 Å². The van der Waals surface area contributed by atoms with Crippen LogP contribution in [0.1, 0.15) is 16.1 Å². The van der Waals surface area contributed by atoms with Gasteiger partial charge in [-0.25, -0.2) is 0 Å². The Hall–Kier alpha value is -1.75. The Kier molecular flexibility index (Phi) is 3.43. The van der Waals surface area contributed by atoms with Gasteiger partial charge in [-0.05, 0) is 6.07 Å². The van der Waals surface area contributed by atoms with E-state index in [0.29, 0.717) is 17.1 Å². The third-order valence-electron chi connectivity index (χ3n) is 2.77. The lowest BCUT2D eigenvalue weighted by Gasteiger charge is -2.16. The molecule has 1 amide bonds. The molecular formula is C12H15ClN4O. The van der Waals surface area contributed by atoms with Gasteiger partial charge in [-0.3, -0.25) is 9.48 Å². The molecule has 0 saturated carbocycles. The van der Waals surface area contributed by atoms with Crippen molar-refractivity contribution in [1.29, 1.82) is 0 Å². The van der Waals surface area contributed by atoms with Crippen molar-refractivity contribution in [2.45, 2.75) is 6.54 Å². The summed E-state index contributed by atoms with van der Waals surface area (Å²) in [5.74, 6) is -0.0552. The molecule has 0 radical (unpaired) electrons. The van der Waals surface area contributed by atoms with Crippen molar-refractivity contribution in [3.8, 4) is 0 Å². The van der Waals surface area contributed by atoms with Crippen LogP contribution in [0.25, 0.3) is 0 Å². The molecule has 0 spiro atoms. The summed E-state index contributed by atoms with van der Waals surface area (Å²) in [5.41, 5.74) is 1.57. The Morgan fingerprint density at radius 3 is 2.67 bits per heavy atom. The van der Waals surface area contributed by atoms with Crippen molar-refractivity contribution >= 4 is 17.5 Å². The van der Waals surface area contributed by atoms with Crippen molar-refractivity contribution in [3.63, 3.8) is 0 Å². The smallest absolute Gasteiger partial charge is 0.257 e. The minimum absolute atomic E-state index is 0.0552. The minimum Gasteiger partial charge on any atom is -0.351 e. The van der Waals surface area contributed by atoms with Gasteiger partial charge in [0.15, 0.2) is 0 Å². The van der Waals surface area contributed by atoms with E-state index in [4.69, 9.17) is 11.6 Å². The molecular weight excluding hydrogens is 252 g/mol. The second-order valence-corrected chi connectivity index (χ2v) is 4.76. The van der Waals surface area contributed by atoms with E-state index in [1.54, 1.807) is 36.1 Å². The fourth-order valence-electron chi connectivity index (χ4n) is 1.79. The van der Waals surface area contributed by atoms with E-state index < -0.39 is 0 Å². The van der Waals surface area contributed by atoms with Gasteiger partial charge in [0.25, 0.3) is 5.91 Å². The molecule has 0 N–H and O–H groups in total. The number of halogens is 1. The topological polar surface area (TPSA) is 43.1 Å². The average Bonchev–Trinajstić information content (AvgIpc) is 2.85. The van der Waals surface area contributed by atoms with Gasteiger partial charge < -0.3 is 9.47 Å². The number of carbonyl (C=O) groups excluding carboxylic acids is 1. The maximum Gasteiger partial charge on any atom is 0.257 e. The largest absolute Gasteiger partial charge is 0.351 e. The normalized spacial score (nSPS) is 10.7. The first-order valence-electron chi connectivity index (χ1n) is 5.52. The Morgan fingerprint density at radius 2 is 2.17 bits per heavy atom. The van der Waals surface area contributed by atoms with Crippen LogP contribution in [-0.2, 0) is 20.6 Å². The van der Waals surface area contributed by atoms with Gasteiger partial charge >= 0.3 is 0 Å². The summed E-state index contributed by atoms with van der Waals surface area (Å²) in [6.45, 7) is 0.511. The molecule has 18 heavy (non-hydrogen) atoms. The number of carbonyl (C=O) groups is 1. The first-order chi connectivity index (χ1) is 8.47. The number of nitrogens with zero attached hydrogens (tertiary/aromatic N) is 4. The lowest BCUT2D eigenvalue weighted by Crippen LogP contribution is -2.26. The van der Waals surface area contributed by atoms with E-state index in [0.717, 1.165) is 5.69 Å². The highest BCUT2D eigenvalue weighted by molar-refractivity contribution is 6.30. The predicted molar refractivity (Wildman–Crippen MR) is 69.4 cm³/mol. The van der Waals surface area contributed by atoms with Crippen LogP contribution in [0.2, 0.25) is 5.02 Å². The summed E-state index contributed by atoms with van der Waals surface area (Å²) in [7, 11) is 5.45. The highest BCUT2D eigenvalue weighted by Gasteiger charge is 2.15. The molecule has 5 nitrogen and oxygen atoms in total. The molecule has 6 heteroatoms. The summed E-state index contributed by atoms with van der Waals surface area (Å²) in [6, 6.07) is 1.86. The number of hydrogen-bond donors (Lipinski definition) is 0. The zero-order valence-electron chi connectivity index (χ0n) is 10.6. The van der Waals surface area contributed by atoms with Crippen LogP contribution in [-0.4, -0.2) is 32.2 Å². The van der Waals surface area contributed by atoms with Gasteiger partial charge in [0, 0.05) is 39.2 Å². The number of aromatic nitrogens is 3. The van der Waals surface area contributed by atoms with Crippen molar-refractivity contribution < 1.29 is 4.79 Å². The van der Waals surface area contributed by atoms with Gasteiger partial charge in [0.2, 0.25) is 0 Å². The van der Waals surface area contributed by atoms with E-state index in [1.807, 2.05) is 23.9 Å². The highest BCUT2D eigenvalue weighted by atomic mass is 35.5. The molecule has 0 fully saturated rings. The van der Waals surface area contributed by atoms with Crippen LogP contribution < -0.4 is 0 Å². The summed E-state index contributed by atoms with van der Waals surface area (Å²) in [5, 5.41) is 4.67. The number of rotatable bonds is 3. The Labute approximate surface area is 111 Å². The highest BCUT2D eigenvalue weighted by Crippen LogP contribution is 2.15. The molecule has 0 bridgehead atoms. The van der Waals surface area contributed by atoms with Gasteiger partial charge in [-0.15, -0.1) is 0 Å². The van der Waals surface area contributed by atoms with E-state index in [9.17, 15) is 4.79 Å². The average molecular weight is 267 g/mol. The van der Waals surface area contributed by atoms with Crippen molar-refractivity contribution in [2.75, 3.05) is 7.05 Å². The Balaban J connectivity index is 2.10. The molecule has 0 aliphatic carbocycles. The first-order valence-corrected chi connectivity index (χ1v) is 5.90. The second-order valence-electron chi connectivity index (χ2n) is 4.32. The van der Waals surface area contributed by atoms with Gasteiger partial charge in [0.05, 0.1) is 23.3 Å². The molecule has 2 aromatic heterocycles. The third kappa shape index (κ3) is 2.56. The molecule has 0 saturated heterocycles. The number of amides is 1. The molecule has 0 atom stereocenters. The Morgan fingerprint density at radius 1 is 1.44 bits per heavy atom. The molecule has 0 aliphatic heterocycles. The summed E-state index contributed by atoms with van der Waals surface area (Å²) >= 11 is 5.91. The lowest BCUT2D eigenvalue weighted by atomic mass is 10.3. The van der Waals surface area contributed by atoms with Crippen LogP contribution in [0.4, 0.5) is 0 Å². The fraction of sp³-hybridized carbons (Fsp3) is 0.333. The minimum atomic E-state index is -0.0552. The number of aryl methyl sites for hydroxylation is 2. The zero-order valence-corrected chi connectivity index (χ0v) is 11.3. The van der Waals surface area contributed by atoms with Crippen LogP contribution in [0.3, 0.4) is 0 Å². The van der Waals surface area contributed by atoms with Crippen LogP contribution in [0.5, 0.6) is 0 Å². The summed E-state index contributed by atoms with van der Waals surface area (Å²) in [6.07, 6.45) is 5.09. The summed E-state index contributed by atoms with van der Waals surface area (Å²) < 4.78 is 3.52. The third-order valence-corrected chi connectivity index (χ3v) is 2.98. The summed E-state index contributed by atoms with van der Waals surface area (Å²) in [4.78, 5) is 13.8. The molecule has 2 rings (SSSR count). The van der Waals surface area contributed by atoms with E-state index in [-0.39, 0.29) is 5.91 Å². The van der Waals surface area contributed by atoms with Gasteiger partial charge in [-0.2, -0.15) is 5.10 Å². The standard InChI is InChI=1S/C12H15ClN4O/c1-15-7-10(13)4-11(15)8-16(2)12(18)9-5-14-17(3)6-9/h4-7H,8H2,1-3H3. The fourth-order valence-corrected chi connectivity index (χ4v) is 2.06. The van der Waals surface area contributed by atoms with E-state index >= 15 is 0 Å². The molecule has 96 valence electrons. The van der Waals surface area contributed by atoms with Crippen LogP contribution in [0, 0.1) is 0 Å². The van der Waals surface area contributed by atoms with Crippen LogP contribution in [0.15, 0.2) is 24.7 Å². The monoisotopic (exact) mass is 266 g/mol. The predicted octanol–water partition coefficient (Wildman–Crippen LogP) is 1.68. The zero-order chi connectivity index (χ0) is 13.3. The van der Waals surface area contributed by atoms with E-state index in [1.165, 1.54) is 0 Å². The molecule has 2 aromatic rings. The molecule has 0 aromatic carbocycles. The second kappa shape index (κ2) is 4.86. The van der Waals surface area contributed by atoms with Gasteiger partial charge in [0.1, 0.15) is 0 Å². The molecule has 0 aliphatic rings. The number of hydrogen-bond acceptors (Lipinski definition) is 2. The van der Waals surface area contributed by atoms with Crippen molar-refractivity contribution in [1.82, 2.24) is 19.2 Å². The quantitative estimate of drug-likeness (QED) is 0.848. The van der Waals surface area contributed by atoms with Gasteiger partial charge in [-0.1, -0.05) is 11.6 Å². The van der Waals surface area contributed by atoms with Crippen molar-refractivity contribution in [3.05, 3.63) is 40.9 Å². The SMILES string of the molecule is CN(Cc1cc(Cl)cn1C)C(=O)c1cnn(C)c1.